The number of hydrogen-bond acceptors (Lipinski definition) is 8. The Hall–Kier alpha value is -4.73. The Labute approximate surface area is 219 Å². The maximum absolute atomic E-state index is 12.1. The van der Waals surface area contributed by atoms with Crippen LogP contribution in [-0.4, -0.2) is 61.6 Å². The predicted octanol–water partition coefficient (Wildman–Crippen LogP) is 4.23. The third-order valence-electron chi connectivity index (χ3n) is 6.56. The molecule has 10 nitrogen and oxygen atoms in total. The van der Waals surface area contributed by atoms with E-state index in [2.05, 4.69) is 20.6 Å². The summed E-state index contributed by atoms with van der Waals surface area (Å²) in [5.74, 6) is 2.70. The standard InChI is InChI=1S/C28H28N8O2/c37-23-11-6-15-35(23)16-17-36-19-31-24-26(30-14-18-38-21-8-2-1-3-9-21)33-28(34-27(24)36)32-25-22-10-5-4-7-20(22)12-13-29-25/h1-5,7-10,12-13,19H,6,11,14-18H2,(H2,29,30,32,33,34). The van der Waals surface area contributed by atoms with E-state index in [1.54, 1.807) is 12.5 Å². The lowest BCUT2D eigenvalue weighted by Crippen LogP contribution is -2.28. The van der Waals surface area contributed by atoms with Gasteiger partial charge >= 0.3 is 0 Å². The van der Waals surface area contributed by atoms with Crippen molar-refractivity contribution in [2.45, 2.75) is 19.4 Å². The van der Waals surface area contributed by atoms with E-state index in [9.17, 15) is 4.79 Å². The van der Waals surface area contributed by atoms with Gasteiger partial charge < -0.3 is 24.8 Å². The molecule has 1 saturated heterocycles. The molecule has 1 aliphatic heterocycles. The Morgan fingerprint density at radius 2 is 1.79 bits per heavy atom. The van der Waals surface area contributed by atoms with Gasteiger partial charge in [0.2, 0.25) is 11.9 Å². The summed E-state index contributed by atoms with van der Waals surface area (Å²) in [5.41, 5.74) is 1.34. The number of benzene rings is 2. The van der Waals surface area contributed by atoms with Crippen molar-refractivity contribution in [1.82, 2.24) is 29.4 Å². The highest BCUT2D eigenvalue weighted by molar-refractivity contribution is 5.93. The van der Waals surface area contributed by atoms with Crippen LogP contribution < -0.4 is 15.4 Å². The SMILES string of the molecule is O=C1CCCN1CCn1cnc2c(NCCOc3ccccc3)nc(Nc3nccc4ccccc34)nc21. The van der Waals surface area contributed by atoms with Crippen molar-refractivity contribution >= 4 is 45.4 Å². The maximum Gasteiger partial charge on any atom is 0.232 e. The topological polar surface area (TPSA) is 110 Å². The number of fused-ring (bicyclic) bond motifs is 2. The minimum absolute atomic E-state index is 0.203. The molecule has 3 aromatic heterocycles. The predicted molar refractivity (Wildman–Crippen MR) is 147 cm³/mol. The first-order valence-electron chi connectivity index (χ1n) is 12.8. The summed E-state index contributed by atoms with van der Waals surface area (Å²) in [4.78, 5) is 32.7. The lowest BCUT2D eigenvalue weighted by Gasteiger charge is -2.16. The second-order valence-corrected chi connectivity index (χ2v) is 9.08. The fraction of sp³-hybridized carbons (Fsp3) is 0.250. The van der Waals surface area contributed by atoms with Crippen LogP contribution in [0.15, 0.2) is 73.2 Å². The van der Waals surface area contributed by atoms with Crippen LogP contribution in [-0.2, 0) is 11.3 Å². The summed E-state index contributed by atoms with van der Waals surface area (Å²) < 4.78 is 7.80. The molecule has 192 valence electrons. The van der Waals surface area contributed by atoms with Gasteiger partial charge in [-0.1, -0.05) is 42.5 Å². The first kappa shape index (κ1) is 23.7. The van der Waals surface area contributed by atoms with E-state index >= 15 is 0 Å². The molecule has 1 fully saturated rings. The van der Waals surface area contributed by atoms with Crippen LogP contribution in [0.4, 0.5) is 17.6 Å². The Bertz CT molecular complexity index is 1560. The van der Waals surface area contributed by atoms with Gasteiger partial charge in [-0.3, -0.25) is 4.79 Å². The van der Waals surface area contributed by atoms with Gasteiger partial charge in [-0.25, -0.2) is 9.97 Å². The molecular formula is C28H28N8O2. The second kappa shape index (κ2) is 10.7. The lowest BCUT2D eigenvalue weighted by atomic mass is 10.1. The van der Waals surface area contributed by atoms with E-state index in [-0.39, 0.29) is 5.91 Å². The number of carbonyl (C=O) groups excluding carboxylic acids is 1. The van der Waals surface area contributed by atoms with Crippen molar-refractivity contribution in [3.8, 4) is 5.75 Å². The molecule has 2 N–H and O–H groups in total. The monoisotopic (exact) mass is 508 g/mol. The number of likely N-dealkylation sites (tertiary alicyclic amines) is 1. The van der Waals surface area contributed by atoms with Crippen LogP contribution in [0, 0.1) is 0 Å². The van der Waals surface area contributed by atoms with E-state index in [1.807, 2.05) is 70.1 Å². The molecule has 5 aromatic rings. The van der Waals surface area contributed by atoms with Gasteiger partial charge in [0.05, 0.1) is 12.9 Å². The number of hydrogen-bond donors (Lipinski definition) is 2. The zero-order valence-corrected chi connectivity index (χ0v) is 20.9. The first-order valence-corrected chi connectivity index (χ1v) is 12.8. The van der Waals surface area contributed by atoms with Crippen molar-refractivity contribution in [1.29, 1.82) is 0 Å². The van der Waals surface area contributed by atoms with E-state index in [0.29, 0.717) is 61.4 Å². The summed E-state index contributed by atoms with van der Waals surface area (Å²) in [6.45, 7) is 3.01. The number of imidazole rings is 1. The molecule has 6 rings (SSSR count). The Morgan fingerprint density at radius 1 is 0.921 bits per heavy atom. The zero-order valence-electron chi connectivity index (χ0n) is 20.9. The van der Waals surface area contributed by atoms with Crippen LogP contribution in [0.2, 0.25) is 0 Å². The van der Waals surface area contributed by atoms with Crippen molar-refractivity contribution in [2.75, 3.05) is 36.9 Å². The number of nitrogens with zero attached hydrogens (tertiary/aromatic N) is 6. The summed E-state index contributed by atoms with van der Waals surface area (Å²) in [6, 6.07) is 19.7. The van der Waals surface area contributed by atoms with Gasteiger partial charge in [-0.05, 0) is 30.0 Å². The average molecular weight is 509 g/mol. The minimum Gasteiger partial charge on any atom is -0.492 e. The summed E-state index contributed by atoms with van der Waals surface area (Å²) in [7, 11) is 0. The Balaban J connectivity index is 1.27. The second-order valence-electron chi connectivity index (χ2n) is 9.08. The molecule has 1 amide bonds. The normalized spacial score (nSPS) is 13.4. The number of para-hydroxylation sites is 1. The number of nitrogens with one attached hydrogen (secondary N) is 2. The van der Waals surface area contributed by atoms with Crippen molar-refractivity contribution in [3.63, 3.8) is 0 Å². The van der Waals surface area contributed by atoms with E-state index < -0.39 is 0 Å². The van der Waals surface area contributed by atoms with Crippen LogP contribution in [0.5, 0.6) is 5.75 Å². The van der Waals surface area contributed by atoms with Crippen LogP contribution in [0.1, 0.15) is 12.8 Å². The molecule has 0 aliphatic carbocycles. The van der Waals surface area contributed by atoms with Gasteiger partial charge in [-0.2, -0.15) is 9.97 Å². The van der Waals surface area contributed by atoms with Gasteiger partial charge in [-0.15, -0.1) is 0 Å². The number of anilines is 3. The third-order valence-corrected chi connectivity index (χ3v) is 6.56. The first-order chi connectivity index (χ1) is 18.7. The zero-order chi connectivity index (χ0) is 25.7. The molecule has 2 aromatic carbocycles. The average Bonchev–Trinajstić information content (AvgIpc) is 3.56. The Kier molecular flexibility index (Phi) is 6.67. The van der Waals surface area contributed by atoms with Crippen LogP contribution in [0.3, 0.4) is 0 Å². The summed E-state index contributed by atoms with van der Waals surface area (Å²) in [6.07, 6.45) is 5.06. The van der Waals surface area contributed by atoms with Crippen molar-refractivity contribution in [2.24, 2.45) is 0 Å². The van der Waals surface area contributed by atoms with Gasteiger partial charge in [0.15, 0.2) is 17.0 Å². The third kappa shape index (κ3) is 5.06. The van der Waals surface area contributed by atoms with E-state index in [4.69, 9.17) is 14.7 Å². The molecule has 0 spiro atoms. The van der Waals surface area contributed by atoms with Crippen molar-refractivity contribution in [3.05, 3.63) is 73.2 Å². The minimum atomic E-state index is 0.203. The number of rotatable bonds is 10. The Morgan fingerprint density at radius 3 is 2.66 bits per heavy atom. The number of ether oxygens (including phenoxy) is 1. The molecule has 0 bridgehead atoms. The van der Waals surface area contributed by atoms with Crippen LogP contribution >= 0.6 is 0 Å². The summed E-state index contributed by atoms with van der Waals surface area (Å²) >= 11 is 0. The number of pyridine rings is 1. The lowest BCUT2D eigenvalue weighted by molar-refractivity contribution is -0.127. The molecule has 0 saturated carbocycles. The number of aromatic nitrogens is 5. The molecule has 0 atom stereocenters. The van der Waals surface area contributed by atoms with E-state index in [1.165, 1.54) is 0 Å². The fourth-order valence-electron chi connectivity index (χ4n) is 4.64. The van der Waals surface area contributed by atoms with Crippen molar-refractivity contribution < 1.29 is 9.53 Å². The number of amides is 1. The highest BCUT2D eigenvalue weighted by Crippen LogP contribution is 2.26. The molecule has 38 heavy (non-hydrogen) atoms. The highest BCUT2D eigenvalue weighted by Gasteiger charge is 2.21. The molecule has 10 heteroatoms. The van der Waals surface area contributed by atoms with Gasteiger partial charge in [0, 0.05) is 37.6 Å². The van der Waals surface area contributed by atoms with Gasteiger partial charge in [0.25, 0.3) is 0 Å². The van der Waals surface area contributed by atoms with E-state index in [0.717, 1.165) is 29.5 Å². The number of carbonyl (C=O) groups is 1. The smallest absolute Gasteiger partial charge is 0.232 e. The van der Waals surface area contributed by atoms with Gasteiger partial charge in [0.1, 0.15) is 18.2 Å². The molecular weight excluding hydrogens is 480 g/mol. The molecule has 0 unspecified atom stereocenters. The van der Waals surface area contributed by atoms with Crippen LogP contribution in [0.25, 0.3) is 21.9 Å². The molecule has 0 radical (unpaired) electrons. The largest absolute Gasteiger partial charge is 0.492 e. The fourth-order valence-corrected chi connectivity index (χ4v) is 4.64. The maximum atomic E-state index is 12.1. The quantitative estimate of drug-likeness (QED) is 0.270. The summed E-state index contributed by atoms with van der Waals surface area (Å²) in [5, 5.41) is 8.72. The molecule has 1 aliphatic rings. The highest BCUT2D eigenvalue weighted by atomic mass is 16.5. The molecule has 4 heterocycles.